The molecule has 0 saturated heterocycles. The average Bonchev–Trinajstić information content (AvgIpc) is 3.04. The topological polar surface area (TPSA) is 62.5 Å². The summed E-state index contributed by atoms with van der Waals surface area (Å²) in [6, 6.07) is 5.17. The second kappa shape index (κ2) is 9.43. The number of halogens is 4. The van der Waals surface area contributed by atoms with Crippen LogP contribution in [0, 0.1) is 0 Å². The molecule has 0 fully saturated rings. The molecule has 0 amide bonds. The van der Waals surface area contributed by atoms with Crippen molar-refractivity contribution in [2.24, 2.45) is 4.99 Å². The molecule has 0 spiro atoms. The molecule has 27 heavy (non-hydrogen) atoms. The van der Waals surface area contributed by atoms with Gasteiger partial charge in [0, 0.05) is 19.0 Å². The third kappa shape index (κ3) is 7.04. The molecule has 150 valence electrons. The summed E-state index contributed by atoms with van der Waals surface area (Å²) in [5.41, 5.74) is -0.294. The highest BCUT2D eigenvalue weighted by atomic mass is 127. The van der Waals surface area contributed by atoms with E-state index in [2.05, 4.69) is 20.6 Å². The summed E-state index contributed by atoms with van der Waals surface area (Å²) in [5.74, 6) is 1.73. The van der Waals surface area contributed by atoms with Gasteiger partial charge in [0.25, 0.3) is 0 Å². The van der Waals surface area contributed by atoms with Crippen molar-refractivity contribution in [3.8, 4) is 0 Å². The van der Waals surface area contributed by atoms with E-state index in [1.807, 2.05) is 20.8 Å². The number of rotatable bonds is 4. The monoisotopic (exact) mass is 496 g/mol. The molecule has 2 aromatic rings. The molecule has 1 heterocycles. The van der Waals surface area contributed by atoms with Gasteiger partial charge in [-0.25, -0.2) is 4.98 Å². The largest absolute Gasteiger partial charge is 0.443 e. The van der Waals surface area contributed by atoms with Crippen molar-refractivity contribution in [2.45, 2.75) is 45.5 Å². The highest BCUT2D eigenvalue weighted by Gasteiger charge is 2.30. The first-order valence-corrected chi connectivity index (χ1v) is 8.15. The quantitative estimate of drug-likeness (QED) is 0.373. The van der Waals surface area contributed by atoms with E-state index in [1.165, 1.54) is 6.07 Å². The maximum atomic E-state index is 12.8. The van der Waals surface area contributed by atoms with Crippen LogP contribution in [0.15, 0.2) is 39.9 Å². The summed E-state index contributed by atoms with van der Waals surface area (Å²) in [6.07, 6.45) is -2.67. The van der Waals surface area contributed by atoms with Crippen LogP contribution in [0.3, 0.4) is 0 Å². The molecule has 0 atom stereocenters. The van der Waals surface area contributed by atoms with Crippen LogP contribution < -0.4 is 10.6 Å². The number of aliphatic imine (C=N–C) groups is 1. The lowest BCUT2D eigenvalue weighted by Gasteiger charge is -2.14. The van der Waals surface area contributed by atoms with Crippen LogP contribution in [0.4, 0.5) is 13.2 Å². The summed E-state index contributed by atoms with van der Waals surface area (Å²) in [6.45, 7) is 6.61. The Morgan fingerprint density at radius 3 is 2.37 bits per heavy atom. The van der Waals surface area contributed by atoms with E-state index < -0.39 is 11.7 Å². The Kier molecular flexibility index (Phi) is 8.12. The Hall–Kier alpha value is -1.78. The second-order valence-electron chi connectivity index (χ2n) is 6.85. The standard InChI is InChI=1S/C18H23F3N4O.HI/c1-17(2,3)14-10-23-15(26-14)11-25-16(22-4)24-9-12-6-5-7-13(8-12)18(19,20)21;/h5-8,10H,9,11H2,1-4H3,(H2,22,24,25);1H. The zero-order valence-corrected chi connectivity index (χ0v) is 18.0. The van der Waals surface area contributed by atoms with Gasteiger partial charge in [-0.3, -0.25) is 4.99 Å². The summed E-state index contributed by atoms with van der Waals surface area (Å²) < 4.78 is 43.9. The lowest BCUT2D eigenvalue weighted by atomic mass is 9.94. The van der Waals surface area contributed by atoms with E-state index in [4.69, 9.17) is 4.42 Å². The van der Waals surface area contributed by atoms with Crippen LogP contribution in [0.5, 0.6) is 0 Å². The summed E-state index contributed by atoms with van der Waals surface area (Å²) in [5, 5.41) is 6.00. The molecular weight excluding hydrogens is 472 g/mol. The number of oxazole rings is 1. The van der Waals surface area contributed by atoms with Crippen LogP contribution in [-0.2, 0) is 24.7 Å². The third-order valence-corrected chi connectivity index (χ3v) is 3.64. The zero-order valence-electron chi connectivity index (χ0n) is 15.6. The molecule has 1 aromatic heterocycles. The van der Waals surface area contributed by atoms with Crippen LogP contribution >= 0.6 is 24.0 Å². The highest BCUT2D eigenvalue weighted by Crippen LogP contribution is 2.29. The molecular formula is C18H24F3IN4O. The molecule has 2 rings (SSSR count). The first-order chi connectivity index (χ1) is 12.1. The van der Waals surface area contributed by atoms with E-state index >= 15 is 0 Å². The van der Waals surface area contributed by atoms with Crippen LogP contribution in [-0.4, -0.2) is 18.0 Å². The number of nitrogens with zero attached hydrogens (tertiary/aromatic N) is 2. The van der Waals surface area contributed by atoms with Crippen molar-refractivity contribution in [3.05, 3.63) is 53.2 Å². The minimum Gasteiger partial charge on any atom is -0.443 e. The highest BCUT2D eigenvalue weighted by molar-refractivity contribution is 14.0. The molecule has 0 aliphatic rings. The van der Waals surface area contributed by atoms with E-state index in [9.17, 15) is 13.2 Å². The summed E-state index contributed by atoms with van der Waals surface area (Å²) in [7, 11) is 1.58. The molecule has 0 aliphatic carbocycles. The fraction of sp³-hybridized carbons (Fsp3) is 0.444. The van der Waals surface area contributed by atoms with E-state index in [-0.39, 0.29) is 35.9 Å². The van der Waals surface area contributed by atoms with Crippen LogP contribution in [0.1, 0.15) is 43.5 Å². The van der Waals surface area contributed by atoms with Crippen molar-refractivity contribution in [2.75, 3.05) is 7.05 Å². The summed E-state index contributed by atoms with van der Waals surface area (Å²) >= 11 is 0. The van der Waals surface area contributed by atoms with Gasteiger partial charge >= 0.3 is 6.18 Å². The maximum absolute atomic E-state index is 12.8. The lowest BCUT2D eigenvalue weighted by Crippen LogP contribution is -2.36. The molecule has 1 aromatic carbocycles. The van der Waals surface area contributed by atoms with E-state index in [1.54, 1.807) is 19.3 Å². The van der Waals surface area contributed by atoms with Gasteiger partial charge in [-0.15, -0.1) is 24.0 Å². The molecule has 0 saturated carbocycles. The first kappa shape index (κ1) is 23.3. The molecule has 0 unspecified atom stereocenters. The van der Waals surface area contributed by atoms with Crippen molar-refractivity contribution < 1.29 is 17.6 Å². The number of guanidine groups is 1. The van der Waals surface area contributed by atoms with Gasteiger partial charge in [0.15, 0.2) is 5.96 Å². The van der Waals surface area contributed by atoms with Crippen molar-refractivity contribution in [3.63, 3.8) is 0 Å². The molecule has 0 radical (unpaired) electrons. The van der Waals surface area contributed by atoms with Gasteiger partial charge in [0.05, 0.1) is 18.3 Å². The number of alkyl halides is 3. The molecule has 2 N–H and O–H groups in total. The molecule has 0 aliphatic heterocycles. The van der Waals surface area contributed by atoms with Crippen LogP contribution in [0.2, 0.25) is 0 Å². The van der Waals surface area contributed by atoms with E-state index in [0.29, 0.717) is 24.0 Å². The number of hydrogen-bond donors (Lipinski definition) is 2. The van der Waals surface area contributed by atoms with Crippen LogP contribution in [0.25, 0.3) is 0 Å². The Labute approximate surface area is 173 Å². The Balaban J connectivity index is 0.00000364. The average molecular weight is 496 g/mol. The Morgan fingerprint density at radius 1 is 1.15 bits per heavy atom. The number of hydrogen-bond acceptors (Lipinski definition) is 3. The SMILES string of the molecule is CN=C(NCc1cccc(C(F)(F)F)c1)NCc1ncc(C(C)(C)C)o1.I. The van der Waals surface area contributed by atoms with Gasteiger partial charge < -0.3 is 15.1 Å². The number of benzene rings is 1. The summed E-state index contributed by atoms with van der Waals surface area (Å²) in [4.78, 5) is 8.26. The smallest absolute Gasteiger partial charge is 0.416 e. The molecule has 5 nitrogen and oxygen atoms in total. The number of nitrogens with one attached hydrogen (secondary N) is 2. The first-order valence-electron chi connectivity index (χ1n) is 8.15. The lowest BCUT2D eigenvalue weighted by molar-refractivity contribution is -0.137. The Morgan fingerprint density at radius 2 is 1.81 bits per heavy atom. The fourth-order valence-electron chi connectivity index (χ4n) is 2.16. The second-order valence-corrected chi connectivity index (χ2v) is 6.85. The predicted molar refractivity (Wildman–Crippen MR) is 109 cm³/mol. The Bertz CT molecular complexity index is 766. The maximum Gasteiger partial charge on any atom is 0.416 e. The molecule has 9 heteroatoms. The van der Waals surface area contributed by atoms with Crippen molar-refractivity contribution in [1.29, 1.82) is 0 Å². The van der Waals surface area contributed by atoms with Gasteiger partial charge in [-0.2, -0.15) is 13.2 Å². The third-order valence-electron chi connectivity index (χ3n) is 3.64. The van der Waals surface area contributed by atoms with Gasteiger partial charge in [-0.1, -0.05) is 32.9 Å². The fourth-order valence-corrected chi connectivity index (χ4v) is 2.16. The predicted octanol–water partition coefficient (Wildman–Crippen LogP) is 4.47. The normalized spacial score (nSPS) is 12.5. The van der Waals surface area contributed by atoms with Gasteiger partial charge in [-0.05, 0) is 17.7 Å². The molecule has 0 bridgehead atoms. The van der Waals surface area contributed by atoms with E-state index in [0.717, 1.165) is 17.9 Å². The van der Waals surface area contributed by atoms with Gasteiger partial charge in [0.1, 0.15) is 5.76 Å². The number of aromatic nitrogens is 1. The minimum atomic E-state index is -4.36. The van der Waals surface area contributed by atoms with Gasteiger partial charge in [0.2, 0.25) is 5.89 Å². The van der Waals surface area contributed by atoms with Crippen molar-refractivity contribution >= 4 is 29.9 Å². The van der Waals surface area contributed by atoms with Crippen molar-refractivity contribution in [1.82, 2.24) is 15.6 Å². The minimum absolute atomic E-state index is 0. The zero-order chi connectivity index (χ0) is 19.4.